The van der Waals surface area contributed by atoms with Crippen LogP contribution in [0.5, 0.6) is 0 Å². The first-order valence-electron chi connectivity index (χ1n) is 10.5. The summed E-state index contributed by atoms with van der Waals surface area (Å²) >= 11 is 0. The minimum Gasteiger partial charge on any atom is -0.356 e. The molecule has 1 saturated carbocycles. The highest BCUT2D eigenvalue weighted by Gasteiger charge is 2.24. The molecule has 2 aliphatic rings. The zero-order valence-corrected chi connectivity index (χ0v) is 16.8. The van der Waals surface area contributed by atoms with Crippen LogP contribution in [-0.2, 0) is 19.4 Å². The molecule has 1 aliphatic heterocycles. The van der Waals surface area contributed by atoms with Crippen LogP contribution in [0.3, 0.4) is 0 Å². The van der Waals surface area contributed by atoms with Gasteiger partial charge in [-0.1, -0.05) is 20.3 Å². The van der Waals surface area contributed by atoms with E-state index in [9.17, 15) is 0 Å². The molecule has 1 fully saturated rings. The van der Waals surface area contributed by atoms with Crippen LogP contribution in [0.15, 0.2) is 4.99 Å². The van der Waals surface area contributed by atoms with Crippen LogP contribution in [-0.4, -0.2) is 40.4 Å². The Kier molecular flexibility index (Phi) is 6.92. The molecule has 2 heterocycles. The van der Waals surface area contributed by atoms with E-state index in [2.05, 4.69) is 44.2 Å². The number of aryl methyl sites for hydroxylation is 2. The van der Waals surface area contributed by atoms with Crippen LogP contribution in [0, 0.1) is 11.8 Å². The molecule has 0 radical (unpaired) electrons. The smallest absolute Gasteiger partial charge is 0.191 e. The van der Waals surface area contributed by atoms with Crippen LogP contribution in [0.1, 0.15) is 70.4 Å². The second-order valence-electron chi connectivity index (χ2n) is 8.36. The van der Waals surface area contributed by atoms with Crippen LogP contribution < -0.4 is 10.6 Å². The number of fused-ring (bicyclic) bond motifs is 1. The highest BCUT2D eigenvalue weighted by atomic mass is 15.3. The van der Waals surface area contributed by atoms with Gasteiger partial charge >= 0.3 is 0 Å². The lowest BCUT2D eigenvalue weighted by Gasteiger charge is -2.32. The van der Waals surface area contributed by atoms with Gasteiger partial charge in [-0.2, -0.15) is 0 Å². The van der Waals surface area contributed by atoms with E-state index in [0.717, 1.165) is 56.0 Å². The van der Waals surface area contributed by atoms with Crippen LogP contribution in [0.4, 0.5) is 0 Å². The molecular formula is C20H36N6. The molecule has 0 saturated heterocycles. The SMILES string of the molecule is CN=C(NCCCc1nnc2n1CCCCC2)NC1CC(C)CC(C)C1. The summed E-state index contributed by atoms with van der Waals surface area (Å²) < 4.78 is 2.35. The van der Waals surface area contributed by atoms with Gasteiger partial charge < -0.3 is 15.2 Å². The number of hydrogen-bond donors (Lipinski definition) is 2. The molecule has 1 aromatic heterocycles. The molecule has 0 bridgehead atoms. The molecule has 26 heavy (non-hydrogen) atoms. The maximum absolute atomic E-state index is 4.43. The molecule has 1 aromatic rings. The van der Waals surface area contributed by atoms with Crippen LogP contribution in [0.2, 0.25) is 0 Å². The summed E-state index contributed by atoms with van der Waals surface area (Å²) in [6.07, 6.45) is 10.8. The van der Waals surface area contributed by atoms with Crippen molar-refractivity contribution in [3.63, 3.8) is 0 Å². The molecule has 0 spiro atoms. The summed E-state index contributed by atoms with van der Waals surface area (Å²) in [4.78, 5) is 4.41. The summed E-state index contributed by atoms with van der Waals surface area (Å²) in [5.41, 5.74) is 0. The largest absolute Gasteiger partial charge is 0.356 e. The second kappa shape index (κ2) is 9.38. The van der Waals surface area contributed by atoms with Crippen molar-refractivity contribution in [2.75, 3.05) is 13.6 Å². The Labute approximate surface area is 158 Å². The summed E-state index contributed by atoms with van der Waals surface area (Å²) in [5.74, 6) is 4.89. The second-order valence-corrected chi connectivity index (χ2v) is 8.36. The fourth-order valence-electron chi connectivity index (χ4n) is 4.64. The number of nitrogens with one attached hydrogen (secondary N) is 2. The molecule has 146 valence electrons. The van der Waals surface area contributed by atoms with Gasteiger partial charge in [-0.05, 0) is 50.4 Å². The van der Waals surface area contributed by atoms with Gasteiger partial charge in [0, 0.05) is 39.0 Å². The fraction of sp³-hybridized carbons (Fsp3) is 0.850. The number of hydrogen-bond acceptors (Lipinski definition) is 3. The third-order valence-corrected chi connectivity index (χ3v) is 5.80. The highest BCUT2D eigenvalue weighted by Crippen LogP contribution is 2.28. The number of aromatic nitrogens is 3. The minimum absolute atomic E-state index is 0.548. The average Bonchev–Trinajstić information content (AvgIpc) is 2.83. The first-order chi connectivity index (χ1) is 12.7. The fourth-order valence-corrected chi connectivity index (χ4v) is 4.64. The predicted molar refractivity (Wildman–Crippen MR) is 106 cm³/mol. The Bertz CT molecular complexity index is 583. The maximum Gasteiger partial charge on any atom is 0.191 e. The third-order valence-electron chi connectivity index (χ3n) is 5.80. The van der Waals surface area contributed by atoms with Gasteiger partial charge in [0.15, 0.2) is 5.96 Å². The van der Waals surface area contributed by atoms with Crippen molar-refractivity contribution in [2.24, 2.45) is 16.8 Å². The van der Waals surface area contributed by atoms with Crippen LogP contribution in [0.25, 0.3) is 0 Å². The summed E-state index contributed by atoms with van der Waals surface area (Å²) in [6, 6.07) is 0.548. The number of rotatable bonds is 5. The van der Waals surface area contributed by atoms with Gasteiger partial charge in [-0.15, -0.1) is 10.2 Å². The van der Waals surface area contributed by atoms with Crippen molar-refractivity contribution in [1.29, 1.82) is 0 Å². The monoisotopic (exact) mass is 360 g/mol. The minimum atomic E-state index is 0.548. The molecule has 3 rings (SSSR count). The normalized spacial score (nSPS) is 26.9. The van der Waals surface area contributed by atoms with E-state index < -0.39 is 0 Å². The molecule has 2 atom stereocenters. The Morgan fingerprint density at radius 2 is 1.92 bits per heavy atom. The van der Waals surface area contributed by atoms with E-state index in [1.165, 1.54) is 44.3 Å². The third kappa shape index (κ3) is 5.21. The van der Waals surface area contributed by atoms with Gasteiger partial charge in [0.1, 0.15) is 11.6 Å². The zero-order chi connectivity index (χ0) is 18.4. The van der Waals surface area contributed by atoms with Crippen molar-refractivity contribution < 1.29 is 0 Å². The van der Waals surface area contributed by atoms with Crippen molar-refractivity contribution in [3.05, 3.63) is 11.6 Å². The Morgan fingerprint density at radius 3 is 2.69 bits per heavy atom. The maximum atomic E-state index is 4.43. The van der Waals surface area contributed by atoms with Gasteiger partial charge in [0.25, 0.3) is 0 Å². The van der Waals surface area contributed by atoms with Gasteiger partial charge in [-0.25, -0.2) is 0 Å². The van der Waals surface area contributed by atoms with Gasteiger partial charge in [-0.3, -0.25) is 4.99 Å². The predicted octanol–water partition coefficient (Wildman–Crippen LogP) is 2.93. The van der Waals surface area contributed by atoms with E-state index in [1.54, 1.807) is 0 Å². The summed E-state index contributed by atoms with van der Waals surface area (Å²) in [5, 5.41) is 15.9. The average molecular weight is 361 g/mol. The highest BCUT2D eigenvalue weighted by molar-refractivity contribution is 5.79. The van der Waals surface area contributed by atoms with Crippen molar-refractivity contribution in [2.45, 2.75) is 84.2 Å². The van der Waals surface area contributed by atoms with E-state index in [0.29, 0.717) is 6.04 Å². The quantitative estimate of drug-likeness (QED) is 0.481. The van der Waals surface area contributed by atoms with Crippen molar-refractivity contribution >= 4 is 5.96 Å². The van der Waals surface area contributed by atoms with E-state index >= 15 is 0 Å². The van der Waals surface area contributed by atoms with Gasteiger partial charge in [0.05, 0.1) is 0 Å². The van der Waals surface area contributed by atoms with E-state index in [4.69, 9.17) is 0 Å². The van der Waals surface area contributed by atoms with E-state index in [1.807, 2.05) is 7.05 Å². The molecule has 0 aromatic carbocycles. The molecule has 1 aliphatic carbocycles. The van der Waals surface area contributed by atoms with Crippen molar-refractivity contribution in [1.82, 2.24) is 25.4 Å². The number of aliphatic imine (C=N–C) groups is 1. The Morgan fingerprint density at radius 1 is 1.12 bits per heavy atom. The summed E-state index contributed by atoms with van der Waals surface area (Å²) in [7, 11) is 1.86. The molecule has 6 nitrogen and oxygen atoms in total. The topological polar surface area (TPSA) is 67.1 Å². The lowest BCUT2D eigenvalue weighted by atomic mass is 9.80. The molecule has 2 N–H and O–H groups in total. The lowest BCUT2D eigenvalue weighted by Crippen LogP contribution is -2.46. The van der Waals surface area contributed by atoms with Gasteiger partial charge in [0.2, 0.25) is 0 Å². The van der Waals surface area contributed by atoms with E-state index in [-0.39, 0.29) is 0 Å². The zero-order valence-electron chi connectivity index (χ0n) is 16.8. The Hall–Kier alpha value is -1.59. The number of nitrogens with zero attached hydrogens (tertiary/aromatic N) is 4. The molecular weight excluding hydrogens is 324 g/mol. The standard InChI is InChI=1S/C20H36N6/c1-15-12-16(2)14-17(13-15)23-20(21-3)22-10-7-9-19-25-24-18-8-5-4-6-11-26(18)19/h15-17H,4-14H2,1-3H3,(H2,21,22,23). The lowest BCUT2D eigenvalue weighted by molar-refractivity contribution is 0.255. The van der Waals surface area contributed by atoms with Crippen molar-refractivity contribution in [3.8, 4) is 0 Å². The molecule has 6 heteroatoms. The first-order valence-corrected chi connectivity index (χ1v) is 10.5. The molecule has 2 unspecified atom stereocenters. The molecule has 0 amide bonds. The first kappa shape index (κ1) is 19.2. The Balaban J connectivity index is 1.42. The summed E-state index contributed by atoms with van der Waals surface area (Å²) in [6.45, 7) is 6.73. The van der Waals surface area contributed by atoms with Crippen LogP contribution >= 0.6 is 0 Å². The number of guanidine groups is 1.